The van der Waals surface area contributed by atoms with Gasteiger partial charge >= 0.3 is 12.0 Å². The van der Waals surface area contributed by atoms with E-state index in [1.165, 1.54) is 17.1 Å². The van der Waals surface area contributed by atoms with Gasteiger partial charge < -0.3 is 15.3 Å². The summed E-state index contributed by atoms with van der Waals surface area (Å²) in [6.45, 7) is 5.12. The molecule has 2 amide bonds. The summed E-state index contributed by atoms with van der Waals surface area (Å²) in [6, 6.07) is -0.189. The number of rotatable bonds is 7. The van der Waals surface area contributed by atoms with Gasteiger partial charge in [-0.15, -0.1) is 0 Å². The average Bonchev–Trinajstić information content (AvgIpc) is 2.76. The summed E-state index contributed by atoms with van der Waals surface area (Å²) < 4.78 is 1.26. The van der Waals surface area contributed by atoms with E-state index in [0.29, 0.717) is 18.8 Å². The molecule has 7 heteroatoms. The van der Waals surface area contributed by atoms with E-state index in [9.17, 15) is 9.59 Å². The first-order valence-corrected chi connectivity index (χ1v) is 6.37. The van der Waals surface area contributed by atoms with Gasteiger partial charge in [-0.2, -0.15) is 5.10 Å². The van der Waals surface area contributed by atoms with Crippen molar-refractivity contribution in [3.05, 3.63) is 12.4 Å². The molecule has 1 rings (SSSR count). The molecule has 0 saturated carbocycles. The third-order valence-electron chi connectivity index (χ3n) is 2.63. The van der Waals surface area contributed by atoms with Gasteiger partial charge in [0.15, 0.2) is 0 Å². The van der Waals surface area contributed by atoms with Crippen molar-refractivity contribution in [2.75, 3.05) is 18.4 Å². The van der Waals surface area contributed by atoms with Crippen molar-refractivity contribution < 1.29 is 14.7 Å². The van der Waals surface area contributed by atoms with Gasteiger partial charge in [-0.3, -0.25) is 9.48 Å². The summed E-state index contributed by atoms with van der Waals surface area (Å²) in [6.07, 6.45) is 4.92. The monoisotopic (exact) mass is 268 g/mol. The molecule has 0 unspecified atom stereocenters. The maximum absolute atomic E-state index is 11.9. The van der Waals surface area contributed by atoms with Crippen molar-refractivity contribution in [1.82, 2.24) is 14.7 Å². The summed E-state index contributed by atoms with van der Waals surface area (Å²) in [5.74, 6) is -0.973. The molecule has 2 N–H and O–H groups in total. The molecular weight excluding hydrogens is 248 g/mol. The molecule has 0 spiro atoms. The second-order valence-electron chi connectivity index (χ2n) is 4.18. The van der Waals surface area contributed by atoms with Crippen LogP contribution in [0.3, 0.4) is 0 Å². The van der Waals surface area contributed by atoms with E-state index in [1.807, 2.05) is 6.92 Å². The van der Waals surface area contributed by atoms with Crippen LogP contribution in [-0.2, 0) is 11.3 Å². The Bertz CT molecular complexity index is 430. The molecular formula is C12H20N4O3. The van der Waals surface area contributed by atoms with E-state index in [2.05, 4.69) is 17.3 Å². The molecule has 0 aliphatic heterocycles. The van der Waals surface area contributed by atoms with Gasteiger partial charge in [-0.25, -0.2) is 4.79 Å². The van der Waals surface area contributed by atoms with Gasteiger partial charge in [-0.1, -0.05) is 13.3 Å². The molecule has 1 aromatic rings. The predicted molar refractivity (Wildman–Crippen MR) is 71.0 cm³/mol. The molecule has 106 valence electrons. The Balaban J connectivity index is 2.55. The first-order chi connectivity index (χ1) is 9.06. The quantitative estimate of drug-likeness (QED) is 0.786. The number of carboxylic acid groups (broad SMARTS) is 1. The molecule has 0 atom stereocenters. The van der Waals surface area contributed by atoms with E-state index in [0.717, 1.165) is 12.8 Å². The summed E-state index contributed by atoms with van der Waals surface area (Å²) in [5, 5.41) is 15.2. The van der Waals surface area contributed by atoms with E-state index >= 15 is 0 Å². The van der Waals surface area contributed by atoms with Crippen LogP contribution in [-0.4, -0.2) is 44.9 Å². The third kappa shape index (κ3) is 4.99. The van der Waals surface area contributed by atoms with Crippen molar-refractivity contribution in [3.63, 3.8) is 0 Å². The molecule has 0 aromatic carbocycles. The predicted octanol–water partition coefficient (Wildman–Crippen LogP) is 1.62. The zero-order chi connectivity index (χ0) is 14.3. The van der Waals surface area contributed by atoms with Crippen LogP contribution in [0.5, 0.6) is 0 Å². The Morgan fingerprint density at radius 1 is 1.47 bits per heavy atom. The summed E-state index contributed by atoms with van der Waals surface area (Å²) in [4.78, 5) is 24.2. The Morgan fingerprint density at radius 2 is 2.21 bits per heavy atom. The first-order valence-electron chi connectivity index (χ1n) is 6.37. The summed E-state index contributed by atoms with van der Waals surface area (Å²) in [7, 11) is 0. The number of unbranched alkanes of at least 4 members (excludes halogenated alkanes) is 1. The molecule has 0 radical (unpaired) electrons. The fourth-order valence-electron chi connectivity index (χ4n) is 1.61. The third-order valence-corrected chi connectivity index (χ3v) is 2.63. The number of urea groups is 1. The number of carbonyl (C=O) groups excluding carboxylic acids is 1. The zero-order valence-corrected chi connectivity index (χ0v) is 11.3. The topological polar surface area (TPSA) is 87.5 Å². The standard InChI is InChI=1S/C12H20N4O3/c1-3-5-6-15(4-2)12(19)14-10-7-13-16(8-10)9-11(17)18/h7-8H,3-6,9H2,1-2H3,(H,14,19)(H,17,18). The van der Waals surface area contributed by atoms with Crippen LogP contribution in [0.25, 0.3) is 0 Å². The first kappa shape index (κ1) is 15.0. The molecule has 0 aliphatic carbocycles. The number of carbonyl (C=O) groups is 2. The van der Waals surface area contributed by atoms with Crippen molar-refractivity contribution in [3.8, 4) is 0 Å². The van der Waals surface area contributed by atoms with E-state index in [-0.39, 0.29) is 12.6 Å². The number of nitrogens with zero attached hydrogens (tertiary/aromatic N) is 3. The highest BCUT2D eigenvalue weighted by atomic mass is 16.4. The lowest BCUT2D eigenvalue weighted by atomic mass is 10.3. The van der Waals surface area contributed by atoms with Gasteiger partial charge in [0.25, 0.3) is 0 Å². The van der Waals surface area contributed by atoms with Gasteiger partial charge in [0.2, 0.25) is 0 Å². The number of hydrogen-bond acceptors (Lipinski definition) is 3. The van der Waals surface area contributed by atoms with Crippen LogP contribution in [0.4, 0.5) is 10.5 Å². The Hall–Kier alpha value is -2.05. The highest BCUT2D eigenvalue weighted by Gasteiger charge is 2.12. The molecule has 7 nitrogen and oxygen atoms in total. The number of carboxylic acids is 1. The molecule has 0 saturated heterocycles. The lowest BCUT2D eigenvalue weighted by Gasteiger charge is -2.20. The number of hydrogen-bond donors (Lipinski definition) is 2. The fraction of sp³-hybridized carbons (Fsp3) is 0.583. The second-order valence-corrected chi connectivity index (χ2v) is 4.18. The van der Waals surface area contributed by atoms with Crippen LogP contribution in [0, 0.1) is 0 Å². The SMILES string of the molecule is CCCCN(CC)C(=O)Nc1cnn(CC(=O)O)c1. The van der Waals surface area contributed by atoms with Crippen molar-refractivity contribution >= 4 is 17.7 Å². The number of amides is 2. The zero-order valence-electron chi connectivity index (χ0n) is 11.3. The Labute approximate surface area is 112 Å². The fourth-order valence-corrected chi connectivity index (χ4v) is 1.61. The van der Waals surface area contributed by atoms with Gasteiger partial charge in [0.05, 0.1) is 11.9 Å². The lowest BCUT2D eigenvalue weighted by molar-refractivity contribution is -0.137. The van der Waals surface area contributed by atoms with Gasteiger partial charge in [-0.05, 0) is 13.3 Å². The Morgan fingerprint density at radius 3 is 2.79 bits per heavy atom. The van der Waals surface area contributed by atoms with Gasteiger partial charge in [0.1, 0.15) is 6.54 Å². The molecule has 0 fully saturated rings. The molecule has 1 aromatic heterocycles. The van der Waals surface area contributed by atoms with Crippen LogP contribution < -0.4 is 5.32 Å². The second kappa shape index (κ2) is 7.40. The van der Waals surface area contributed by atoms with Gasteiger partial charge in [0, 0.05) is 19.3 Å². The molecule has 1 heterocycles. The highest BCUT2D eigenvalue weighted by molar-refractivity contribution is 5.89. The van der Waals surface area contributed by atoms with Crippen LogP contribution >= 0.6 is 0 Å². The minimum atomic E-state index is -0.973. The smallest absolute Gasteiger partial charge is 0.325 e. The minimum Gasteiger partial charge on any atom is -0.480 e. The highest BCUT2D eigenvalue weighted by Crippen LogP contribution is 2.07. The summed E-state index contributed by atoms with van der Waals surface area (Å²) in [5.41, 5.74) is 0.501. The lowest BCUT2D eigenvalue weighted by Crippen LogP contribution is -2.35. The number of aliphatic carboxylic acids is 1. The number of anilines is 1. The van der Waals surface area contributed by atoms with E-state index < -0.39 is 5.97 Å². The normalized spacial score (nSPS) is 10.2. The largest absolute Gasteiger partial charge is 0.480 e. The van der Waals surface area contributed by atoms with Crippen molar-refractivity contribution in [2.24, 2.45) is 0 Å². The maximum atomic E-state index is 11.9. The average molecular weight is 268 g/mol. The van der Waals surface area contributed by atoms with Crippen LogP contribution in [0.15, 0.2) is 12.4 Å². The maximum Gasteiger partial charge on any atom is 0.325 e. The minimum absolute atomic E-state index is 0.189. The van der Waals surface area contributed by atoms with E-state index in [4.69, 9.17) is 5.11 Å². The molecule has 19 heavy (non-hydrogen) atoms. The van der Waals surface area contributed by atoms with Crippen molar-refractivity contribution in [2.45, 2.75) is 33.2 Å². The van der Waals surface area contributed by atoms with Crippen molar-refractivity contribution in [1.29, 1.82) is 0 Å². The van der Waals surface area contributed by atoms with Crippen LogP contribution in [0.1, 0.15) is 26.7 Å². The van der Waals surface area contributed by atoms with Crippen LogP contribution in [0.2, 0.25) is 0 Å². The molecule has 0 aliphatic rings. The number of nitrogens with one attached hydrogen (secondary N) is 1. The number of aromatic nitrogens is 2. The summed E-state index contributed by atoms with van der Waals surface area (Å²) >= 11 is 0. The van der Waals surface area contributed by atoms with E-state index in [1.54, 1.807) is 4.90 Å². The Kier molecular flexibility index (Phi) is 5.84. The molecule has 0 bridgehead atoms.